The molecule has 0 aliphatic rings. The number of carbonyl (C=O) groups is 1. The summed E-state index contributed by atoms with van der Waals surface area (Å²) in [7, 11) is 0. The van der Waals surface area contributed by atoms with Crippen LogP contribution >= 0.6 is 0 Å². The minimum Gasteiger partial charge on any atom is -0.443 e. The second-order valence-electron chi connectivity index (χ2n) is 4.91. The average Bonchev–Trinajstić information content (AvgIpc) is 2.38. The van der Waals surface area contributed by atoms with E-state index < -0.39 is 0 Å². The standard InChI is InChI=1S/C15H30N2O2/c1-6-8-10-16-13(4)12(3)15(18)19-14(5)17-11-9-7-2/h13-14,16-17H,3,6-11H2,1-2,4-5H3. The minimum atomic E-state index is -0.326. The Hall–Kier alpha value is -0.870. The molecule has 0 aliphatic heterocycles. The molecule has 0 fully saturated rings. The van der Waals surface area contributed by atoms with E-state index in [1.807, 2.05) is 13.8 Å². The quantitative estimate of drug-likeness (QED) is 0.262. The molecule has 0 aromatic rings. The van der Waals surface area contributed by atoms with Crippen LogP contribution in [0.3, 0.4) is 0 Å². The highest BCUT2D eigenvalue weighted by molar-refractivity contribution is 5.89. The van der Waals surface area contributed by atoms with Gasteiger partial charge in [-0.1, -0.05) is 33.3 Å². The van der Waals surface area contributed by atoms with Gasteiger partial charge in [-0.2, -0.15) is 0 Å². The van der Waals surface area contributed by atoms with Crippen molar-refractivity contribution in [2.45, 2.75) is 65.6 Å². The summed E-state index contributed by atoms with van der Waals surface area (Å²) < 4.78 is 5.30. The van der Waals surface area contributed by atoms with Crippen molar-refractivity contribution in [3.63, 3.8) is 0 Å². The third kappa shape index (κ3) is 8.78. The van der Waals surface area contributed by atoms with Crippen molar-refractivity contribution >= 4 is 5.97 Å². The van der Waals surface area contributed by atoms with Crippen molar-refractivity contribution in [2.24, 2.45) is 0 Å². The van der Waals surface area contributed by atoms with E-state index in [-0.39, 0.29) is 18.2 Å². The normalized spacial score (nSPS) is 13.9. The lowest BCUT2D eigenvalue weighted by Crippen LogP contribution is -2.36. The Balaban J connectivity index is 3.94. The van der Waals surface area contributed by atoms with Gasteiger partial charge >= 0.3 is 5.97 Å². The van der Waals surface area contributed by atoms with Crippen molar-refractivity contribution < 1.29 is 9.53 Å². The van der Waals surface area contributed by atoms with Crippen molar-refractivity contribution in [3.8, 4) is 0 Å². The number of unbranched alkanes of at least 4 members (excludes halogenated alkanes) is 2. The molecule has 0 rings (SSSR count). The zero-order valence-corrected chi connectivity index (χ0v) is 12.9. The first-order valence-electron chi connectivity index (χ1n) is 7.39. The number of carbonyl (C=O) groups excluding carboxylic acids is 1. The highest BCUT2D eigenvalue weighted by Gasteiger charge is 2.17. The first-order chi connectivity index (χ1) is 9.02. The number of hydrogen-bond donors (Lipinski definition) is 2. The molecule has 0 saturated heterocycles. The number of nitrogens with one attached hydrogen (secondary N) is 2. The van der Waals surface area contributed by atoms with E-state index in [0.29, 0.717) is 5.57 Å². The van der Waals surface area contributed by atoms with Crippen molar-refractivity contribution in [3.05, 3.63) is 12.2 Å². The second kappa shape index (κ2) is 11.0. The molecule has 0 bridgehead atoms. The SMILES string of the molecule is C=C(C(=O)OC(C)NCCCC)C(C)NCCCC. The Bertz CT molecular complexity index is 267. The molecule has 4 nitrogen and oxygen atoms in total. The van der Waals surface area contributed by atoms with E-state index in [1.165, 1.54) is 0 Å². The van der Waals surface area contributed by atoms with Gasteiger partial charge in [0.1, 0.15) is 0 Å². The van der Waals surface area contributed by atoms with Gasteiger partial charge in [0.15, 0.2) is 6.23 Å². The first-order valence-corrected chi connectivity index (χ1v) is 7.39. The van der Waals surface area contributed by atoms with Gasteiger partial charge in [0.25, 0.3) is 0 Å². The van der Waals surface area contributed by atoms with Crippen molar-refractivity contribution in [1.82, 2.24) is 10.6 Å². The van der Waals surface area contributed by atoms with E-state index in [2.05, 4.69) is 31.1 Å². The van der Waals surface area contributed by atoms with Crippen LogP contribution in [-0.2, 0) is 9.53 Å². The Labute approximate surface area is 118 Å². The van der Waals surface area contributed by atoms with E-state index in [1.54, 1.807) is 0 Å². The summed E-state index contributed by atoms with van der Waals surface area (Å²) in [5.74, 6) is -0.326. The minimum absolute atomic E-state index is 0.0399. The Morgan fingerprint density at radius 3 is 2.16 bits per heavy atom. The fourth-order valence-electron chi connectivity index (χ4n) is 1.56. The summed E-state index contributed by atoms with van der Waals surface area (Å²) in [4.78, 5) is 11.9. The molecule has 0 radical (unpaired) electrons. The Morgan fingerprint density at radius 2 is 1.63 bits per heavy atom. The van der Waals surface area contributed by atoms with Crippen molar-refractivity contribution in [1.29, 1.82) is 0 Å². The monoisotopic (exact) mass is 270 g/mol. The smallest absolute Gasteiger partial charge is 0.336 e. The van der Waals surface area contributed by atoms with Gasteiger partial charge < -0.3 is 10.1 Å². The van der Waals surface area contributed by atoms with Gasteiger partial charge in [-0.25, -0.2) is 4.79 Å². The molecule has 0 amide bonds. The van der Waals surface area contributed by atoms with Gasteiger partial charge in [0.2, 0.25) is 0 Å². The number of hydrogen-bond acceptors (Lipinski definition) is 4. The number of ether oxygens (including phenoxy) is 1. The summed E-state index contributed by atoms with van der Waals surface area (Å²) in [6, 6.07) is -0.0399. The molecule has 0 saturated carbocycles. The van der Waals surface area contributed by atoms with Crippen LogP contribution < -0.4 is 10.6 Å². The molecule has 2 N–H and O–H groups in total. The van der Waals surface area contributed by atoms with Gasteiger partial charge in [0.05, 0.1) is 0 Å². The fourth-order valence-corrected chi connectivity index (χ4v) is 1.56. The lowest BCUT2D eigenvalue weighted by molar-refractivity contribution is -0.145. The lowest BCUT2D eigenvalue weighted by Gasteiger charge is -2.19. The van der Waals surface area contributed by atoms with E-state index in [0.717, 1.165) is 38.8 Å². The fraction of sp³-hybridized carbons (Fsp3) is 0.800. The zero-order valence-electron chi connectivity index (χ0n) is 12.9. The first kappa shape index (κ1) is 18.1. The average molecular weight is 270 g/mol. The third-order valence-corrected chi connectivity index (χ3v) is 3.01. The third-order valence-electron chi connectivity index (χ3n) is 3.01. The largest absolute Gasteiger partial charge is 0.443 e. The van der Waals surface area contributed by atoms with Crippen LogP contribution in [0.2, 0.25) is 0 Å². The summed E-state index contributed by atoms with van der Waals surface area (Å²) in [6.45, 7) is 13.6. The summed E-state index contributed by atoms with van der Waals surface area (Å²) >= 11 is 0. The summed E-state index contributed by atoms with van der Waals surface area (Å²) in [6.07, 6.45) is 4.17. The maximum atomic E-state index is 11.9. The predicted octanol–water partition coefficient (Wildman–Crippen LogP) is 2.60. The summed E-state index contributed by atoms with van der Waals surface area (Å²) in [5, 5.41) is 6.42. The van der Waals surface area contributed by atoms with Crippen LogP contribution in [0, 0.1) is 0 Å². The molecule has 0 aromatic heterocycles. The molecular formula is C15H30N2O2. The molecule has 4 heteroatoms. The predicted molar refractivity (Wildman–Crippen MR) is 80.0 cm³/mol. The number of esters is 1. The highest BCUT2D eigenvalue weighted by Crippen LogP contribution is 2.04. The molecule has 2 atom stereocenters. The molecular weight excluding hydrogens is 240 g/mol. The van der Waals surface area contributed by atoms with Gasteiger partial charge in [-0.15, -0.1) is 0 Å². The summed E-state index contributed by atoms with van der Waals surface area (Å²) in [5.41, 5.74) is 0.486. The van der Waals surface area contributed by atoms with Crippen LogP contribution in [0.5, 0.6) is 0 Å². The van der Waals surface area contributed by atoms with E-state index in [4.69, 9.17) is 4.74 Å². The van der Waals surface area contributed by atoms with E-state index >= 15 is 0 Å². The van der Waals surface area contributed by atoms with Crippen LogP contribution in [0.4, 0.5) is 0 Å². The van der Waals surface area contributed by atoms with Crippen LogP contribution in [0.15, 0.2) is 12.2 Å². The molecule has 0 aromatic carbocycles. The lowest BCUT2D eigenvalue weighted by atomic mass is 10.1. The van der Waals surface area contributed by atoms with E-state index in [9.17, 15) is 4.79 Å². The molecule has 0 spiro atoms. The van der Waals surface area contributed by atoms with Gasteiger partial charge in [0, 0.05) is 11.6 Å². The highest BCUT2D eigenvalue weighted by atomic mass is 16.6. The molecule has 2 unspecified atom stereocenters. The van der Waals surface area contributed by atoms with Crippen LogP contribution in [-0.4, -0.2) is 31.3 Å². The van der Waals surface area contributed by atoms with Crippen molar-refractivity contribution in [2.75, 3.05) is 13.1 Å². The molecule has 19 heavy (non-hydrogen) atoms. The maximum Gasteiger partial charge on any atom is 0.336 e. The number of rotatable bonds is 11. The van der Waals surface area contributed by atoms with Gasteiger partial charge in [-0.3, -0.25) is 5.32 Å². The Kier molecular flexibility index (Phi) is 10.5. The molecule has 0 heterocycles. The zero-order chi connectivity index (χ0) is 14.7. The topological polar surface area (TPSA) is 50.4 Å². The van der Waals surface area contributed by atoms with Crippen LogP contribution in [0.1, 0.15) is 53.4 Å². The molecule has 0 aliphatic carbocycles. The van der Waals surface area contributed by atoms with Crippen LogP contribution in [0.25, 0.3) is 0 Å². The van der Waals surface area contributed by atoms with Gasteiger partial charge in [-0.05, 0) is 39.8 Å². The maximum absolute atomic E-state index is 11.9. The second-order valence-corrected chi connectivity index (χ2v) is 4.91. The Morgan fingerprint density at radius 1 is 1.11 bits per heavy atom. The molecule has 112 valence electrons.